The number of hydrogen-bond donors (Lipinski definition) is 2. The summed E-state index contributed by atoms with van der Waals surface area (Å²) < 4.78 is 2.12. The molecule has 0 bridgehead atoms. The maximum absolute atomic E-state index is 4.94. The summed E-state index contributed by atoms with van der Waals surface area (Å²) >= 11 is 0. The van der Waals surface area contributed by atoms with E-state index in [2.05, 4.69) is 94.4 Å². The summed E-state index contributed by atoms with van der Waals surface area (Å²) in [5, 5.41) is 6.98. The molecule has 0 amide bonds. The molecule has 0 spiro atoms. The van der Waals surface area contributed by atoms with E-state index in [9.17, 15) is 0 Å². The lowest BCUT2D eigenvalue weighted by Gasteiger charge is -2.34. The molecule has 0 aliphatic carbocycles. The quantitative estimate of drug-likeness (QED) is 0.460. The summed E-state index contributed by atoms with van der Waals surface area (Å²) in [5.41, 5.74) is 5.33. The van der Waals surface area contributed by atoms with Crippen LogP contribution in [-0.2, 0) is 6.54 Å². The van der Waals surface area contributed by atoms with Crippen LogP contribution in [0.1, 0.15) is 32.4 Å². The number of aromatic nitrogens is 4. The van der Waals surface area contributed by atoms with Gasteiger partial charge in [-0.05, 0) is 37.5 Å². The third kappa shape index (κ3) is 4.41. The molecule has 3 heterocycles. The predicted molar refractivity (Wildman–Crippen MR) is 135 cm³/mol. The largest absolute Gasteiger partial charge is 0.364 e. The zero-order valence-electron chi connectivity index (χ0n) is 19.5. The van der Waals surface area contributed by atoms with Gasteiger partial charge in [-0.15, -0.1) is 0 Å². The second-order valence-corrected chi connectivity index (χ2v) is 8.95. The fraction of sp³-hybridized carbons (Fsp3) is 0.346. The van der Waals surface area contributed by atoms with Crippen LogP contribution < -0.4 is 15.5 Å². The fourth-order valence-electron chi connectivity index (χ4n) is 4.30. The first kappa shape index (κ1) is 21.4. The highest BCUT2D eigenvalue weighted by molar-refractivity contribution is 5.84. The van der Waals surface area contributed by atoms with E-state index in [1.165, 1.54) is 16.7 Å². The van der Waals surface area contributed by atoms with Crippen molar-refractivity contribution in [1.29, 1.82) is 0 Å². The lowest BCUT2D eigenvalue weighted by atomic mass is 10.0. The Hall–Kier alpha value is -3.45. The summed E-state index contributed by atoms with van der Waals surface area (Å²) in [4.78, 5) is 16.8. The van der Waals surface area contributed by atoms with Crippen LogP contribution in [-0.4, -0.2) is 45.2 Å². The van der Waals surface area contributed by atoms with Gasteiger partial charge in [0.2, 0.25) is 5.95 Å². The van der Waals surface area contributed by atoms with Crippen molar-refractivity contribution in [2.45, 2.75) is 39.4 Å². The van der Waals surface area contributed by atoms with E-state index in [1.807, 2.05) is 12.4 Å². The van der Waals surface area contributed by atoms with Crippen molar-refractivity contribution < 1.29 is 0 Å². The van der Waals surface area contributed by atoms with E-state index in [1.54, 1.807) is 0 Å². The van der Waals surface area contributed by atoms with E-state index in [4.69, 9.17) is 9.97 Å². The maximum Gasteiger partial charge on any atom is 0.229 e. The van der Waals surface area contributed by atoms with Crippen LogP contribution in [0.4, 0.5) is 11.8 Å². The molecule has 7 heteroatoms. The van der Waals surface area contributed by atoms with Crippen LogP contribution >= 0.6 is 0 Å². The number of rotatable bonds is 6. The van der Waals surface area contributed by atoms with E-state index >= 15 is 0 Å². The Morgan fingerprint density at radius 3 is 2.52 bits per heavy atom. The van der Waals surface area contributed by atoms with Gasteiger partial charge in [-0.1, -0.05) is 54.6 Å². The second-order valence-electron chi connectivity index (χ2n) is 8.95. The van der Waals surface area contributed by atoms with Crippen molar-refractivity contribution in [2.75, 3.05) is 29.9 Å². The van der Waals surface area contributed by atoms with Crippen molar-refractivity contribution in [2.24, 2.45) is 0 Å². The first-order chi connectivity index (χ1) is 16.1. The van der Waals surface area contributed by atoms with Gasteiger partial charge >= 0.3 is 0 Å². The summed E-state index contributed by atoms with van der Waals surface area (Å²) in [6.07, 6.45) is 1.87. The molecule has 1 atom stereocenters. The number of fused-ring (bicyclic) bond motifs is 1. The van der Waals surface area contributed by atoms with Gasteiger partial charge in [0.25, 0.3) is 0 Å². The molecule has 170 valence electrons. The summed E-state index contributed by atoms with van der Waals surface area (Å²) in [7, 11) is 0. The van der Waals surface area contributed by atoms with E-state index < -0.39 is 0 Å². The number of piperazine rings is 1. The molecule has 2 aromatic carbocycles. The first-order valence-corrected chi connectivity index (χ1v) is 11.7. The molecule has 2 aromatic heterocycles. The molecular formula is C26H31N7. The average molecular weight is 442 g/mol. The van der Waals surface area contributed by atoms with Gasteiger partial charge in [-0.3, -0.25) is 0 Å². The number of benzene rings is 2. The molecule has 1 unspecified atom stereocenters. The molecule has 5 rings (SSSR count). The SMILES string of the molecule is CC1CNCCN1c1nc(NCc2ccc(-c3ccccc3)cc2)c2ncn(C(C)C)c2n1. The number of anilines is 2. The summed E-state index contributed by atoms with van der Waals surface area (Å²) in [5.74, 6) is 1.55. The summed E-state index contributed by atoms with van der Waals surface area (Å²) in [6.45, 7) is 9.94. The number of nitrogens with zero attached hydrogens (tertiary/aromatic N) is 5. The van der Waals surface area contributed by atoms with Crippen molar-refractivity contribution in [3.8, 4) is 11.1 Å². The second kappa shape index (κ2) is 9.19. The van der Waals surface area contributed by atoms with Crippen molar-refractivity contribution in [3.05, 3.63) is 66.5 Å². The molecule has 1 aliphatic heterocycles. The van der Waals surface area contributed by atoms with E-state index in [0.29, 0.717) is 12.6 Å². The summed E-state index contributed by atoms with van der Waals surface area (Å²) in [6, 6.07) is 19.7. The molecular weight excluding hydrogens is 410 g/mol. The molecule has 1 saturated heterocycles. The minimum Gasteiger partial charge on any atom is -0.364 e. The third-order valence-electron chi connectivity index (χ3n) is 6.25. The van der Waals surface area contributed by atoms with Gasteiger partial charge in [-0.25, -0.2) is 4.98 Å². The highest BCUT2D eigenvalue weighted by Gasteiger charge is 2.23. The van der Waals surface area contributed by atoms with Crippen molar-refractivity contribution >= 4 is 22.9 Å². The molecule has 1 fully saturated rings. The zero-order chi connectivity index (χ0) is 22.8. The lowest BCUT2D eigenvalue weighted by molar-refractivity contribution is 0.493. The van der Waals surface area contributed by atoms with Gasteiger partial charge in [0.15, 0.2) is 17.0 Å². The van der Waals surface area contributed by atoms with Crippen LogP contribution in [0.2, 0.25) is 0 Å². The minimum atomic E-state index is 0.275. The van der Waals surface area contributed by atoms with E-state index in [0.717, 1.165) is 42.6 Å². The van der Waals surface area contributed by atoms with Crippen molar-refractivity contribution in [1.82, 2.24) is 24.8 Å². The Labute approximate surface area is 194 Å². The number of hydrogen-bond acceptors (Lipinski definition) is 6. The number of nitrogens with one attached hydrogen (secondary N) is 2. The molecule has 0 radical (unpaired) electrons. The Balaban J connectivity index is 1.43. The molecule has 33 heavy (non-hydrogen) atoms. The molecule has 1 aliphatic rings. The Morgan fingerprint density at radius 2 is 1.79 bits per heavy atom. The lowest BCUT2D eigenvalue weighted by Crippen LogP contribution is -2.50. The molecule has 0 saturated carbocycles. The highest BCUT2D eigenvalue weighted by Crippen LogP contribution is 2.27. The maximum atomic E-state index is 4.94. The van der Waals surface area contributed by atoms with E-state index in [-0.39, 0.29) is 6.04 Å². The highest BCUT2D eigenvalue weighted by atomic mass is 15.3. The van der Waals surface area contributed by atoms with Gasteiger partial charge in [-0.2, -0.15) is 9.97 Å². The zero-order valence-corrected chi connectivity index (χ0v) is 19.5. The third-order valence-corrected chi connectivity index (χ3v) is 6.25. The number of imidazole rings is 1. The normalized spacial score (nSPS) is 16.5. The monoisotopic (exact) mass is 441 g/mol. The molecule has 4 aromatic rings. The average Bonchev–Trinajstić information content (AvgIpc) is 3.28. The molecule has 2 N–H and O–H groups in total. The van der Waals surface area contributed by atoms with Gasteiger partial charge in [0, 0.05) is 38.3 Å². The topological polar surface area (TPSA) is 70.9 Å². The standard InChI is InChI=1S/C26H31N7/c1-18(2)33-17-29-23-24(30-26(31-25(23)33)32-14-13-27-15-19(32)3)28-16-20-9-11-22(12-10-20)21-7-5-4-6-8-21/h4-12,17-19,27H,13-16H2,1-3H3,(H,28,30,31). The smallest absolute Gasteiger partial charge is 0.229 e. The van der Waals surface area contributed by atoms with Crippen LogP contribution in [0, 0.1) is 0 Å². The van der Waals surface area contributed by atoms with Crippen LogP contribution in [0.15, 0.2) is 60.9 Å². The predicted octanol–water partition coefficient (Wildman–Crippen LogP) is 4.48. The van der Waals surface area contributed by atoms with Gasteiger partial charge in [0.1, 0.15) is 0 Å². The Morgan fingerprint density at radius 1 is 1.03 bits per heavy atom. The minimum absolute atomic E-state index is 0.275. The van der Waals surface area contributed by atoms with Crippen LogP contribution in [0.3, 0.4) is 0 Å². The van der Waals surface area contributed by atoms with Crippen molar-refractivity contribution in [3.63, 3.8) is 0 Å². The first-order valence-electron chi connectivity index (χ1n) is 11.7. The van der Waals surface area contributed by atoms with Gasteiger partial charge in [0.05, 0.1) is 6.33 Å². The fourth-order valence-corrected chi connectivity index (χ4v) is 4.30. The molecule has 7 nitrogen and oxygen atoms in total. The Kier molecular flexibility index (Phi) is 5.96. The Bertz CT molecular complexity index is 1210. The van der Waals surface area contributed by atoms with Crippen LogP contribution in [0.5, 0.6) is 0 Å². The van der Waals surface area contributed by atoms with Crippen LogP contribution in [0.25, 0.3) is 22.3 Å². The van der Waals surface area contributed by atoms with Gasteiger partial charge < -0.3 is 20.1 Å².